The summed E-state index contributed by atoms with van der Waals surface area (Å²) in [5.41, 5.74) is 0.993. The first-order chi connectivity index (χ1) is 12.7. The predicted molar refractivity (Wildman–Crippen MR) is 95.3 cm³/mol. The van der Waals surface area contributed by atoms with Gasteiger partial charge in [0.15, 0.2) is 5.65 Å². The maximum absolute atomic E-state index is 12.9. The topological polar surface area (TPSA) is 55.6 Å². The molecule has 0 aliphatic heterocycles. The zero-order chi connectivity index (χ0) is 19.8. The van der Waals surface area contributed by atoms with E-state index in [9.17, 15) is 18.0 Å². The number of ether oxygens (including phenoxy) is 1. The molecule has 0 atom stereocenters. The second kappa shape index (κ2) is 7.11. The number of nitrogens with one attached hydrogen (secondary N) is 1. The number of hydrogen-bond donors (Lipinski definition) is 1. The van der Waals surface area contributed by atoms with Crippen molar-refractivity contribution in [1.82, 2.24) is 9.38 Å². The number of carbonyl (C=O) groups is 1. The van der Waals surface area contributed by atoms with Crippen molar-refractivity contribution in [2.45, 2.75) is 19.5 Å². The van der Waals surface area contributed by atoms with Crippen LogP contribution in [0.25, 0.3) is 5.65 Å². The maximum atomic E-state index is 12.9. The van der Waals surface area contributed by atoms with Gasteiger partial charge >= 0.3 is 6.18 Å². The number of alkyl halides is 3. The van der Waals surface area contributed by atoms with Crippen molar-refractivity contribution in [3.05, 3.63) is 58.5 Å². The van der Waals surface area contributed by atoms with E-state index >= 15 is 0 Å². The number of benzene rings is 1. The molecule has 142 valence electrons. The van der Waals surface area contributed by atoms with Gasteiger partial charge in [-0.25, -0.2) is 4.98 Å². The van der Waals surface area contributed by atoms with Crippen LogP contribution in [-0.2, 0) is 17.4 Å². The quantitative estimate of drug-likeness (QED) is 0.705. The van der Waals surface area contributed by atoms with Gasteiger partial charge in [0, 0.05) is 12.4 Å². The number of pyridine rings is 1. The molecule has 3 aromatic rings. The molecule has 0 fully saturated rings. The second-order valence-electron chi connectivity index (χ2n) is 5.97. The summed E-state index contributed by atoms with van der Waals surface area (Å²) in [4.78, 5) is 16.5. The minimum Gasteiger partial charge on any atom is -0.495 e. The van der Waals surface area contributed by atoms with Gasteiger partial charge in [0.2, 0.25) is 5.91 Å². The molecule has 0 saturated heterocycles. The molecular weight excluding hydrogens is 383 g/mol. The summed E-state index contributed by atoms with van der Waals surface area (Å²) >= 11 is 5.90. The lowest BCUT2D eigenvalue weighted by atomic mass is 10.2. The monoisotopic (exact) mass is 397 g/mol. The van der Waals surface area contributed by atoms with Gasteiger partial charge < -0.3 is 14.5 Å². The third-order valence-corrected chi connectivity index (χ3v) is 4.13. The Labute approximate surface area is 157 Å². The number of carbonyl (C=O) groups excluding carboxylic acids is 1. The van der Waals surface area contributed by atoms with Gasteiger partial charge in [-0.05, 0) is 30.7 Å². The summed E-state index contributed by atoms with van der Waals surface area (Å²) in [6, 6.07) is 6.14. The van der Waals surface area contributed by atoms with Gasteiger partial charge in [0.05, 0.1) is 35.5 Å². The summed E-state index contributed by atoms with van der Waals surface area (Å²) in [7, 11) is 1.49. The van der Waals surface area contributed by atoms with Crippen LogP contribution in [0.3, 0.4) is 0 Å². The zero-order valence-corrected chi connectivity index (χ0v) is 15.1. The molecule has 2 heterocycles. The molecule has 0 aliphatic rings. The van der Waals surface area contributed by atoms with Crippen LogP contribution in [0.4, 0.5) is 18.9 Å². The van der Waals surface area contributed by atoms with Crippen LogP contribution < -0.4 is 10.1 Å². The van der Waals surface area contributed by atoms with E-state index in [1.807, 2.05) is 13.0 Å². The average molecular weight is 398 g/mol. The van der Waals surface area contributed by atoms with E-state index in [0.717, 1.165) is 17.8 Å². The zero-order valence-electron chi connectivity index (χ0n) is 14.4. The normalized spacial score (nSPS) is 11.6. The number of nitrogens with zero attached hydrogens (tertiary/aromatic N) is 2. The Bertz CT molecular complexity index is 1010. The summed E-state index contributed by atoms with van der Waals surface area (Å²) in [5.74, 6) is 0.122. The minimum absolute atomic E-state index is 0.129. The minimum atomic E-state index is -4.53. The van der Waals surface area contributed by atoms with Crippen molar-refractivity contribution in [2.24, 2.45) is 0 Å². The van der Waals surface area contributed by atoms with Gasteiger partial charge in [-0.2, -0.15) is 13.2 Å². The number of anilines is 1. The molecule has 2 aromatic heterocycles. The molecule has 9 heteroatoms. The average Bonchev–Trinajstić information content (AvgIpc) is 2.97. The first kappa shape index (κ1) is 19.0. The highest BCUT2D eigenvalue weighted by molar-refractivity contribution is 6.33. The highest BCUT2D eigenvalue weighted by atomic mass is 35.5. The molecule has 0 spiro atoms. The van der Waals surface area contributed by atoms with Crippen LogP contribution in [-0.4, -0.2) is 22.4 Å². The van der Waals surface area contributed by atoms with E-state index in [1.54, 1.807) is 12.1 Å². The Hall–Kier alpha value is -2.74. The number of amides is 1. The lowest BCUT2D eigenvalue weighted by Crippen LogP contribution is -2.15. The molecule has 0 unspecified atom stereocenters. The largest absolute Gasteiger partial charge is 0.495 e. The highest BCUT2D eigenvalue weighted by Gasteiger charge is 2.32. The van der Waals surface area contributed by atoms with Crippen LogP contribution in [0.5, 0.6) is 5.75 Å². The van der Waals surface area contributed by atoms with Crippen LogP contribution in [0.15, 0.2) is 36.7 Å². The first-order valence-electron chi connectivity index (χ1n) is 7.86. The summed E-state index contributed by atoms with van der Waals surface area (Å²) in [5, 5.41) is 2.58. The lowest BCUT2D eigenvalue weighted by molar-refractivity contribution is -0.137. The molecule has 5 nitrogen and oxygen atoms in total. The third-order valence-electron chi connectivity index (χ3n) is 3.85. The Morgan fingerprint density at radius 1 is 1.30 bits per heavy atom. The Balaban J connectivity index is 1.83. The molecule has 1 amide bonds. The molecule has 1 aromatic carbocycles. The van der Waals surface area contributed by atoms with Crippen LogP contribution in [0, 0.1) is 6.92 Å². The van der Waals surface area contributed by atoms with E-state index in [2.05, 4.69) is 10.3 Å². The van der Waals surface area contributed by atoms with Gasteiger partial charge in [0.25, 0.3) is 0 Å². The molecule has 0 saturated carbocycles. The van der Waals surface area contributed by atoms with Gasteiger partial charge in [-0.3, -0.25) is 4.79 Å². The standard InChI is InChI=1S/C18H15ClF3N3O2/c1-10-3-4-15(27-2)14(5-10)24-16(26)7-12-9-25-8-11(18(20,21)22)6-13(19)17(25)23-12/h3-6,8-9H,7H2,1-2H3,(H,24,26). The molecule has 27 heavy (non-hydrogen) atoms. The van der Waals surface area contributed by atoms with E-state index < -0.39 is 11.7 Å². The molecule has 1 N–H and O–H groups in total. The Morgan fingerprint density at radius 3 is 2.70 bits per heavy atom. The fourth-order valence-corrected chi connectivity index (χ4v) is 2.88. The molecule has 0 bridgehead atoms. The van der Waals surface area contributed by atoms with E-state index in [4.69, 9.17) is 16.3 Å². The number of hydrogen-bond acceptors (Lipinski definition) is 3. The van der Waals surface area contributed by atoms with Gasteiger partial charge in [0.1, 0.15) is 5.75 Å². The predicted octanol–water partition coefficient (Wildman–Crippen LogP) is 4.50. The fourth-order valence-electron chi connectivity index (χ4n) is 2.63. The second-order valence-corrected chi connectivity index (χ2v) is 6.37. The number of imidazole rings is 1. The van der Waals surface area contributed by atoms with Crippen molar-refractivity contribution >= 4 is 28.8 Å². The summed E-state index contributed by atoms with van der Waals surface area (Å²) < 4.78 is 45.0. The number of methoxy groups -OCH3 is 1. The van der Waals surface area contributed by atoms with Crippen molar-refractivity contribution in [2.75, 3.05) is 12.4 Å². The first-order valence-corrected chi connectivity index (χ1v) is 8.24. The molecular formula is C18H15ClF3N3O2. The summed E-state index contributed by atoms with van der Waals surface area (Å²) in [6.07, 6.45) is -2.42. The van der Waals surface area contributed by atoms with Gasteiger partial charge in [-0.1, -0.05) is 17.7 Å². The van der Waals surface area contributed by atoms with Crippen molar-refractivity contribution in [3.8, 4) is 5.75 Å². The van der Waals surface area contributed by atoms with Gasteiger partial charge in [-0.15, -0.1) is 0 Å². The number of halogens is 4. The van der Waals surface area contributed by atoms with Crippen LogP contribution in [0.2, 0.25) is 5.02 Å². The van der Waals surface area contributed by atoms with E-state index in [-0.39, 0.29) is 23.0 Å². The van der Waals surface area contributed by atoms with Crippen molar-refractivity contribution in [1.29, 1.82) is 0 Å². The SMILES string of the molecule is COc1ccc(C)cc1NC(=O)Cc1cn2cc(C(F)(F)F)cc(Cl)c2n1. The van der Waals surface area contributed by atoms with E-state index in [1.165, 1.54) is 17.7 Å². The summed E-state index contributed by atoms with van der Waals surface area (Å²) in [6.45, 7) is 1.87. The van der Waals surface area contributed by atoms with Crippen molar-refractivity contribution < 1.29 is 22.7 Å². The van der Waals surface area contributed by atoms with Crippen LogP contribution in [0.1, 0.15) is 16.8 Å². The lowest BCUT2D eigenvalue weighted by Gasteiger charge is -2.10. The fraction of sp³-hybridized carbons (Fsp3) is 0.222. The number of aromatic nitrogens is 2. The number of rotatable bonds is 4. The highest BCUT2D eigenvalue weighted by Crippen LogP contribution is 2.32. The third kappa shape index (κ3) is 4.16. The smallest absolute Gasteiger partial charge is 0.417 e. The molecule has 0 radical (unpaired) electrons. The molecule has 3 rings (SSSR count). The maximum Gasteiger partial charge on any atom is 0.417 e. The van der Waals surface area contributed by atoms with Crippen LogP contribution >= 0.6 is 11.6 Å². The Morgan fingerprint density at radius 2 is 2.04 bits per heavy atom. The van der Waals surface area contributed by atoms with Crippen molar-refractivity contribution in [3.63, 3.8) is 0 Å². The number of fused-ring (bicyclic) bond motifs is 1. The Kier molecular flexibility index (Phi) is 5.01. The number of aryl methyl sites for hydroxylation is 1. The molecule has 0 aliphatic carbocycles. The van der Waals surface area contributed by atoms with E-state index in [0.29, 0.717) is 17.1 Å².